The van der Waals surface area contributed by atoms with Gasteiger partial charge in [-0.3, -0.25) is 4.98 Å². The molecular formula is C16H19FN2O. The van der Waals surface area contributed by atoms with Crippen LogP contribution in [0.15, 0.2) is 42.7 Å². The number of ether oxygens (including phenoxy) is 1. The molecule has 1 heterocycles. The van der Waals surface area contributed by atoms with Crippen molar-refractivity contribution in [1.29, 1.82) is 0 Å². The molecule has 3 nitrogen and oxygen atoms in total. The lowest BCUT2D eigenvalue weighted by Gasteiger charge is -2.12. The number of hydrogen-bond acceptors (Lipinski definition) is 3. The van der Waals surface area contributed by atoms with E-state index in [1.807, 2.05) is 6.07 Å². The minimum absolute atomic E-state index is 0.272. The van der Waals surface area contributed by atoms with Crippen molar-refractivity contribution < 1.29 is 9.13 Å². The molecule has 20 heavy (non-hydrogen) atoms. The normalized spacial score (nSPS) is 10.8. The molecule has 0 aliphatic rings. The van der Waals surface area contributed by atoms with Crippen LogP contribution < -0.4 is 10.1 Å². The predicted molar refractivity (Wildman–Crippen MR) is 77.3 cm³/mol. The molecule has 1 N–H and O–H groups in total. The molecule has 0 spiro atoms. The van der Waals surface area contributed by atoms with Gasteiger partial charge < -0.3 is 10.1 Å². The van der Waals surface area contributed by atoms with Gasteiger partial charge in [0.05, 0.1) is 0 Å². The van der Waals surface area contributed by atoms with Gasteiger partial charge in [0.1, 0.15) is 17.3 Å². The molecule has 1 aromatic heterocycles. The van der Waals surface area contributed by atoms with E-state index in [9.17, 15) is 4.39 Å². The highest BCUT2D eigenvalue weighted by Crippen LogP contribution is 2.24. The topological polar surface area (TPSA) is 34.2 Å². The van der Waals surface area contributed by atoms with Gasteiger partial charge in [0.15, 0.2) is 0 Å². The summed E-state index contributed by atoms with van der Waals surface area (Å²) in [7, 11) is 0. The molecule has 0 saturated heterocycles. The summed E-state index contributed by atoms with van der Waals surface area (Å²) in [6, 6.07) is 7.80. The van der Waals surface area contributed by atoms with Gasteiger partial charge in [-0.15, -0.1) is 0 Å². The Bertz CT molecular complexity index is 540. The second-order valence-electron chi connectivity index (χ2n) is 5.06. The maximum absolute atomic E-state index is 12.9. The van der Waals surface area contributed by atoms with Crippen LogP contribution in [-0.2, 0) is 6.54 Å². The standard InChI is InChI=1S/C16H19FN2O/c1-12(2)9-19-11-13-10-18-8-7-16(13)20-15-5-3-14(17)4-6-15/h3-8,10,12,19H,9,11H2,1-2H3. The molecule has 2 aromatic rings. The molecule has 0 radical (unpaired) electrons. The van der Waals surface area contributed by atoms with Crippen molar-refractivity contribution in [2.45, 2.75) is 20.4 Å². The molecule has 4 heteroatoms. The van der Waals surface area contributed by atoms with Crippen LogP contribution in [0.3, 0.4) is 0 Å². The lowest BCUT2D eigenvalue weighted by molar-refractivity contribution is 0.466. The lowest BCUT2D eigenvalue weighted by atomic mass is 10.2. The van der Waals surface area contributed by atoms with Crippen molar-refractivity contribution in [3.63, 3.8) is 0 Å². The molecule has 106 valence electrons. The minimum Gasteiger partial charge on any atom is -0.457 e. The Labute approximate surface area is 118 Å². The van der Waals surface area contributed by atoms with E-state index >= 15 is 0 Å². The molecule has 0 amide bonds. The first kappa shape index (κ1) is 14.5. The van der Waals surface area contributed by atoms with Crippen LogP contribution in [0.2, 0.25) is 0 Å². The number of pyridine rings is 1. The lowest BCUT2D eigenvalue weighted by Crippen LogP contribution is -2.19. The molecular weight excluding hydrogens is 255 g/mol. The highest BCUT2D eigenvalue weighted by molar-refractivity contribution is 5.35. The van der Waals surface area contributed by atoms with Crippen molar-refractivity contribution in [1.82, 2.24) is 10.3 Å². The quantitative estimate of drug-likeness (QED) is 0.871. The average molecular weight is 274 g/mol. The van der Waals surface area contributed by atoms with Gasteiger partial charge in [-0.2, -0.15) is 0 Å². The third-order valence-electron chi connectivity index (χ3n) is 2.77. The Morgan fingerprint density at radius 1 is 1.20 bits per heavy atom. The fraction of sp³-hybridized carbons (Fsp3) is 0.312. The van der Waals surface area contributed by atoms with Crippen LogP contribution >= 0.6 is 0 Å². The summed E-state index contributed by atoms with van der Waals surface area (Å²) in [6.07, 6.45) is 3.47. The van der Waals surface area contributed by atoms with Crippen molar-refractivity contribution in [2.24, 2.45) is 5.92 Å². The third kappa shape index (κ3) is 4.31. The van der Waals surface area contributed by atoms with Crippen LogP contribution in [0.1, 0.15) is 19.4 Å². The van der Waals surface area contributed by atoms with Gasteiger partial charge in [0.2, 0.25) is 0 Å². The average Bonchev–Trinajstić information content (AvgIpc) is 2.43. The Morgan fingerprint density at radius 3 is 2.65 bits per heavy atom. The maximum Gasteiger partial charge on any atom is 0.134 e. The summed E-state index contributed by atoms with van der Waals surface area (Å²) in [5, 5.41) is 3.36. The van der Waals surface area contributed by atoms with E-state index in [1.165, 1.54) is 12.1 Å². The number of halogens is 1. The van der Waals surface area contributed by atoms with Gasteiger partial charge in [-0.25, -0.2) is 4.39 Å². The zero-order valence-corrected chi connectivity index (χ0v) is 11.8. The molecule has 0 aliphatic carbocycles. The summed E-state index contributed by atoms with van der Waals surface area (Å²) in [5.41, 5.74) is 0.984. The van der Waals surface area contributed by atoms with Gasteiger partial charge in [-0.1, -0.05) is 13.8 Å². The van der Waals surface area contributed by atoms with Gasteiger partial charge >= 0.3 is 0 Å². The molecule has 0 unspecified atom stereocenters. The van der Waals surface area contributed by atoms with Crippen molar-refractivity contribution >= 4 is 0 Å². The van der Waals surface area contributed by atoms with Crippen LogP contribution in [0, 0.1) is 11.7 Å². The second-order valence-corrected chi connectivity index (χ2v) is 5.06. The van der Waals surface area contributed by atoms with E-state index < -0.39 is 0 Å². The number of nitrogens with zero attached hydrogens (tertiary/aromatic N) is 1. The first-order valence-corrected chi connectivity index (χ1v) is 6.72. The summed E-state index contributed by atoms with van der Waals surface area (Å²) < 4.78 is 18.6. The fourth-order valence-corrected chi connectivity index (χ4v) is 1.77. The van der Waals surface area contributed by atoms with E-state index in [1.54, 1.807) is 24.5 Å². The zero-order chi connectivity index (χ0) is 14.4. The largest absolute Gasteiger partial charge is 0.457 e. The van der Waals surface area contributed by atoms with Gasteiger partial charge in [0.25, 0.3) is 0 Å². The van der Waals surface area contributed by atoms with Crippen molar-refractivity contribution in [3.05, 3.63) is 54.1 Å². The molecule has 0 atom stereocenters. The summed E-state index contributed by atoms with van der Waals surface area (Å²) in [5.74, 6) is 1.67. The van der Waals surface area contributed by atoms with Crippen molar-refractivity contribution in [2.75, 3.05) is 6.54 Å². The molecule has 0 bridgehead atoms. The molecule has 1 aromatic carbocycles. The first-order chi connectivity index (χ1) is 9.65. The Balaban J connectivity index is 2.05. The second kappa shape index (κ2) is 7.01. The van der Waals surface area contributed by atoms with E-state index in [0.29, 0.717) is 18.2 Å². The molecule has 0 fully saturated rings. The van der Waals surface area contributed by atoms with Crippen molar-refractivity contribution in [3.8, 4) is 11.5 Å². The number of aromatic nitrogens is 1. The van der Waals surface area contributed by atoms with E-state index in [4.69, 9.17) is 4.74 Å². The minimum atomic E-state index is -0.272. The third-order valence-corrected chi connectivity index (χ3v) is 2.77. The Morgan fingerprint density at radius 2 is 1.95 bits per heavy atom. The molecule has 2 rings (SSSR count). The number of hydrogen-bond donors (Lipinski definition) is 1. The van der Waals surface area contributed by atoms with E-state index in [0.717, 1.165) is 17.9 Å². The van der Waals surface area contributed by atoms with Gasteiger partial charge in [-0.05, 0) is 42.8 Å². The maximum atomic E-state index is 12.9. The zero-order valence-electron chi connectivity index (χ0n) is 11.8. The monoisotopic (exact) mass is 274 g/mol. The predicted octanol–water partition coefficient (Wildman–Crippen LogP) is 3.76. The molecule has 0 saturated carbocycles. The van der Waals surface area contributed by atoms with E-state index in [2.05, 4.69) is 24.1 Å². The molecule has 0 aliphatic heterocycles. The number of benzene rings is 1. The Kier molecular flexibility index (Phi) is 5.07. The van der Waals surface area contributed by atoms with E-state index in [-0.39, 0.29) is 5.82 Å². The summed E-state index contributed by atoms with van der Waals surface area (Å²) >= 11 is 0. The number of rotatable bonds is 6. The van der Waals surface area contributed by atoms with Crippen LogP contribution in [0.4, 0.5) is 4.39 Å². The summed E-state index contributed by atoms with van der Waals surface area (Å²) in [4.78, 5) is 4.12. The Hall–Kier alpha value is -1.94. The van der Waals surface area contributed by atoms with Crippen LogP contribution in [-0.4, -0.2) is 11.5 Å². The van der Waals surface area contributed by atoms with Gasteiger partial charge in [0, 0.05) is 24.5 Å². The smallest absolute Gasteiger partial charge is 0.134 e. The number of nitrogens with one attached hydrogen (secondary N) is 1. The highest BCUT2D eigenvalue weighted by Gasteiger charge is 2.05. The highest BCUT2D eigenvalue weighted by atomic mass is 19.1. The van der Waals surface area contributed by atoms with Crippen LogP contribution in [0.5, 0.6) is 11.5 Å². The fourth-order valence-electron chi connectivity index (χ4n) is 1.77. The SMILES string of the molecule is CC(C)CNCc1cnccc1Oc1ccc(F)cc1. The first-order valence-electron chi connectivity index (χ1n) is 6.72. The van der Waals surface area contributed by atoms with Crippen LogP contribution in [0.25, 0.3) is 0 Å². The summed E-state index contributed by atoms with van der Waals surface area (Å²) in [6.45, 7) is 5.95.